The Morgan fingerprint density at radius 1 is 1.04 bits per heavy atom. The van der Waals surface area contributed by atoms with Crippen LogP contribution < -0.4 is 9.64 Å². The van der Waals surface area contributed by atoms with Gasteiger partial charge in [0.2, 0.25) is 0 Å². The largest absolute Gasteiger partial charge is 0.508 e. The third-order valence-electron chi connectivity index (χ3n) is 8.81. The smallest absolute Gasteiger partial charge is 0.331 e. The number of likely N-dealkylation sites (tertiary alicyclic amines) is 1. The van der Waals surface area contributed by atoms with Crippen molar-refractivity contribution in [2.24, 2.45) is 0 Å². The van der Waals surface area contributed by atoms with Crippen molar-refractivity contribution in [3.63, 3.8) is 0 Å². The lowest BCUT2D eigenvalue weighted by Gasteiger charge is -2.34. The molecule has 0 unspecified atom stereocenters. The number of carbonyl (C=O) groups is 1. The van der Waals surface area contributed by atoms with Gasteiger partial charge in [-0.05, 0) is 60.8 Å². The zero-order chi connectivity index (χ0) is 32.2. The molecule has 6 rings (SSSR count). The average molecular weight is 652 g/mol. The number of anilines is 1. The molecule has 244 valence electrons. The van der Waals surface area contributed by atoms with Gasteiger partial charge in [0.05, 0.1) is 24.8 Å². The summed E-state index contributed by atoms with van der Waals surface area (Å²) < 4.78 is 33.0. The Balaban J connectivity index is 1.23. The van der Waals surface area contributed by atoms with Crippen LogP contribution in [-0.2, 0) is 14.3 Å². The Bertz CT molecular complexity index is 1710. The first-order valence-electron chi connectivity index (χ1n) is 15.7. The Kier molecular flexibility index (Phi) is 10.0. The molecule has 2 saturated heterocycles. The Labute approximate surface area is 272 Å². The molecule has 0 spiro atoms. The Hall–Kier alpha value is -3.77. The molecule has 4 aromatic rings. The van der Waals surface area contributed by atoms with Gasteiger partial charge >= 0.3 is 12.0 Å². The van der Waals surface area contributed by atoms with Crippen LogP contribution in [0.5, 0.6) is 11.8 Å². The summed E-state index contributed by atoms with van der Waals surface area (Å²) >= 11 is 6.82. The number of aromatic nitrogens is 2. The molecule has 2 aliphatic rings. The minimum atomic E-state index is -0.585. The highest BCUT2D eigenvalue weighted by atomic mass is 35.5. The van der Waals surface area contributed by atoms with Gasteiger partial charge in [0.1, 0.15) is 23.7 Å². The summed E-state index contributed by atoms with van der Waals surface area (Å²) in [6.07, 6.45) is 2.48. The quantitative estimate of drug-likeness (QED) is 0.184. The van der Waals surface area contributed by atoms with Gasteiger partial charge in [0.25, 0.3) is 0 Å². The number of phenolic OH excluding ortho intramolecular Hbond substituents is 1. The summed E-state index contributed by atoms with van der Waals surface area (Å²) in [5.74, 6) is -0.334. The Morgan fingerprint density at radius 3 is 2.57 bits per heavy atom. The number of aromatic hydroxyl groups is 1. The second-order valence-corrected chi connectivity index (χ2v) is 12.3. The third kappa shape index (κ3) is 7.12. The van der Waals surface area contributed by atoms with E-state index in [9.17, 15) is 9.90 Å². The van der Waals surface area contributed by atoms with Crippen molar-refractivity contribution in [2.75, 3.05) is 78.1 Å². The molecule has 2 fully saturated rings. The fraction of sp³-hybridized carbons (Fsp3) is 0.441. The molecule has 0 aliphatic carbocycles. The lowest BCUT2D eigenvalue weighted by Crippen LogP contribution is -2.45. The van der Waals surface area contributed by atoms with Gasteiger partial charge in [0.15, 0.2) is 5.82 Å². The summed E-state index contributed by atoms with van der Waals surface area (Å²) in [5.41, 5.74) is 0.788. The van der Waals surface area contributed by atoms with Crippen molar-refractivity contribution in [2.45, 2.75) is 25.4 Å². The molecule has 46 heavy (non-hydrogen) atoms. The average Bonchev–Trinajstić information content (AvgIpc) is 3.06. The first-order chi connectivity index (χ1) is 22.3. The topological polar surface area (TPSA) is 100 Å². The van der Waals surface area contributed by atoms with E-state index >= 15 is 4.39 Å². The molecule has 12 heteroatoms. The number of rotatable bonds is 10. The minimum absolute atomic E-state index is 0.0183. The molecular weight excluding hydrogens is 613 g/mol. The summed E-state index contributed by atoms with van der Waals surface area (Å²) in [6.45, 7) is 6.03. The summed E-state index contributed by atoms with van der Waals surface area (Å²) in [4.78, 5) is 27.4. The number of benzene rings is 3. The SMILES string of the molecule is COC(=O)COC1CCN(CCCOc2nc(N3CCN(C)CC3)c3cc(Cl)c(-c4cc(O)cc5ccccc45)c(F)c3n2)CC1. The highest BCUT2D eigenvalue weighted by molar-refractivity contribution is 6.35. The predicted molar refractivity (Wildman–Crippen MR) is 176 cm³/mol. The lowest BCUT2D eigenvalue weighted by atomic mass is 9.96. The summed E-state index contributed by atoms with van der Waals surface area (Å²) in [6, 6.07) is 12.5. The van der Waals surface area contributed by atoms with E-state index < -0.39 is 5.82 Å². The predicted octanol–water partition coefficient (Wildman–Crippen LogP) is 5.12. The number of fused-ring (bicyclic) bond motifs is 2. The van der Waals surface area contributed by atoms with E-state index in [1.165, 1.54) is 13.2 Å². The molecular formula is C34H39ClFN5O5. The molecule has 0 atom stereocenters. The van der Waals surface area contributed by atoms with Crippen molar-refractivity contribution >= 4 is 45.1 Å². The number of methoxy groups -OCH3 is 1. The van der Waals surface area contributed by atoms with Gasteiger partial charge in [-0.25, -0.2) is 9.18 Å². The van der Waals surface area contributed by atoms with Gasteiger partial charge < -0.3 is 34.0 Å². The van der Waals surface area contributed by atoms with Gasteiger partial charge in [-0.3, -0.25) is 0 Å². The maximum absolute atomic E-state index is 16.7. The molecule has 1 N–H and O–H groups in total. The highest BCUT2D eigenvalue weighted by Gasteiger charge is 2.26. The number of piperazine rings is 1. The number of esters is 1. The van der Waals surface area contributed by atoms with Gasteiger partial charge in [-0.2, -0.15) is 9.97 Å². The van der Waals surface area contributed by atoms with E-state index in [-0.39, 0.29) is 46.5 Å². The van der Waals surface area contributed by atoms with E-state index in [2.05, 4.69) is 31.5 Å². The van der Waals surface area contributed by atoms with Crippen molar-refractivity contribution in [1.82, 2.24) is 19.8 Å². The highest BCUT2D eigenvalue weighted by Crippen LogP contribution is 2.42. The second kappa shape index (κ2) is 14.3. The number of likely N-dealkylation sites (N-methyl/N-ethyl adjacent to an activating group) is 1. The fourth-order valence-electron chi connectivity index (χ4n) is 6.23. The summed E-state index contributed by atoms with van der Waals surface area (Å²) in [5, 5.41) is 12.8. The van der Waals surface area contributed by atoms with E-state index in [0.29, 0.717) is 23.4 Å². The van der Waals surface area contributed by atoms with Crippen molar-refractivity contribution in [3.05, 3.63) is 53.3 Å². The van der Waals surface area contributed by atoms with Gasteiger partial charge in [-0.15, -0.1) is 0 Å². The van der Waals surface area contributed by atoms with Gasteiger partial charge in [0, 0.05) is 56.8 Å². The number of halogens is 2. The molecule has 0 amide bonds. The third-order valence-corrected chi connectivity index (χ3v) is 9.11. The van der Waals surface area contributed by atoms with Crippen LogP contribution in [0, 0.1) is 5.82 Å². The van der Waals surface area contributed by atoms with E-state index in [1.807, 2.05) is 24.3 Å². The normalized spacial score (nSPS) is 16.7. The van der Waals surface area contributed by atoms with Crippen molar-refractivity contribution in [1.29, 1.82) is 0 Å². The molecule has 3 aromatic carbocycles. The van der Waals surface area contributed by atoms with Crippen molar-refractivity contribution in [3.8, 4) is 22.9 Å². The van der Waals surface area contributed by atoms with Crippen LogP contribution in [0.3, 0.4) is 0 Å². The monoisotopic (exact) mass is 651 g/mol. The molecule has 10 nitrogen and oxygen atoms in total. The van der Waals surface area contributed by atoms with Crippen LogP contribution in [0.2, 0.25) is 5.02 Å². The summed E-state index contributed by atoms with van der Waals surface area (Å²) in [7, 11) is 3.43. The van der Waals surface area contributed by atoms with E-state index in [0.717, 1.165) is 75.8 Å². The zero-order valence-corrected chi connectivity index (χ0v) is 26.9. The van der Waals surface area contributed by atoms with Crippen LogP contribution in [0.25, 0.3) is 32.8 Å². The van der Waals surface area contributed by atoms with Crippen LogP contribution in [0.4, 0.5) is 10.2 Å². The van der Waals surface area contributed by atoms with E-state index in [1.54, 1.807) is 12.1 Å². The number of phenols is 1. The second-order valence-electron chi connectivity index (χ2n) is 11.9. The zero-order valence-electron chi connectivity index (χ0n) is 26.2. The molecule has 1 aromatic heterocycles. The fourth-order valence-corrected chi connectivity index (χ4v) is 6.52. The molecule has 0 radical (unpaired) electrons. The number of hydrogen-bond donors (Lipinski definition) is 1. The number of carbonyl (C=O) groups excluding carboxylic acids is 1. The first-order valence-corrected chi connectivity index (χ1v) is 16.1. The van der Waals surface area contributed by atoms with Crippen LogP contribution in [0.1, 0.15) is 19.3 Å². The molecule has 0 bridgehead atoms. The molecule has 3 heterocycles. The maximum Gasteiger partial charge on any atom is 0.331 e. The number of nitrogens with zero attached hydrogens (tertiary/aromatic N) is 5. The molecule has 2 aliphatic heterocycles. The van der Waals surface area contributed by atoms with Crippen LogP contribution in [-0.4, -0.2) is 110 Å². The number of piperidine rings is 1. The van der Waals surface area contributed by atoms with Crippen molar-refractivity contribution < 1.29 is 28.5 Å². The van der Waals surface area contributed by atoms with Gasteiger partial charge in [-0.1, -0.05) is 35.9 Å². The number of ether oxygens (including phenoxy) is 3. The van der Waals surface area contributed by atoms with Crippen LogP contribution in [0.15, 0.2) is 42.5 Å². The minimum Gasteiger partial charge on any atom is -0.508 e. The number of hydrogen-bond acceptors (Lipinski definition) is 10. The van der Waals surface area contributed by atoms with E-state index in [4.69, 9.17) is 26.1 Å². The first kappa shape index (κ1) is 32.2. The molecule has 0 saturated carbocycles. The standard InChI is InChI=1S/C34H39ClFN5O5/c1-39-13-15-41(16-14-39)33-27-20-28(35)30(26-19-23(42)18-22-6-3-4-7-25(22)26)31(36)32(27)37-34(38-33)45-17-5-10-40-11-8-24(9-12-40)46-21-29(43)44-2/h3-4,6-7,18-20,24,42H,5,8-17,21H2,1-2H3. The van der Waals surface area contributed by atoms with Crippen LogP contribution >= 0.6 is 11.6 Å². The lowest BCUT2D eigenvalue weighted by molar-refractivity contribution is -0.149. The Morgan fingerprint density at radius 2 is 1.80 bits per heavy atom. The maximum atomic E-state index is 16.7.